The number of amides is 4. The van der Waals surface area contributed by atoms with E-state index in [9.17, 15) is 24.0 Å². The maximum Gasteiger partial charge on any atom is 0.328 e. The van der Waals surface area contributed by atoms with Gasteiger partial charge in [0.05, 0.1) is 15.9 Å². The molecule has 0 unspecified atom stereocenters. The minimum absolute atomic E-state index is 0.0698. The molecule has 1 saturated heterocycles. The number of allylic oxidation sites excluding steroid dienone is 1. The van der Waals surface area contributed by atoms with Gasteiger partial charge in [-0.2, -0.15) is 0 Å². The summed E-state index contributed by atoms with van der Waals surface area (Å²) in [7, 11) is 0. The lowest BCUT2D eigenvalue weighted by Crippen LogP contribution is -2.59. The number of cyclic esters (lactones) is 1. The Morgan fingerprint density at radius 2 is 0.930 bits per heavy atom. The first-order chi connectivity index (χ1) is 34.4. The topological polar surface area (TPSA) is 143 Å². The lowest BCUT2D eigenvalue weighted by molar-refractivity contribution is -0.152. The summed E-state index contributed by atoms with van der Waals surface area (Å²) in [4.78, 5) is 70.2. The number of esters is 1. The number of benzene rings is 6. The van der Waals surface area contributed by atoms with Gasteiger partial charge >= 0.3 is 5.97 Å². The largest absolute Gasteiger partial charge is 0.456 e. The Hall–Kier alpha value is -6.89. The molecule has 0 bridgehead atoms. The number of hydrogen-bond acceptors (Lipinski definition) is 8. The fourth-order valence-corrected chi connectivity index (χ4v) is 11.9. The first-order valence-electron chi connectivity index (χ1n) is 24.1. The number of ether oxygens (including phenoxy) is 1. The second kappa shape index (κ2) is 24.8. The molecule has 4 amide bonds. The molecule has 1 aliphatic rings. The van der Waals surface area contributed by atoms with E-state index in [1.807, 2.05) is 152 Å². The number of nitrogens with one attached hydrogen (secondary N) is 4. The summed E-state index contributed by atoms with van der Waals surface area (Å²) in [5.74, 6) is -2.77. The maximum atomic E-state index is 14.5. The molecule has 7 rings (SSSR count). The fraction of sp³-hybridized carbons (Fsp3) is 0.271. The molecule has 5 atom stereocenters. The van der Waals surface area contributed by atoms with Gasteiger partial charge in [0.1, 0.15) is 30.3 Å². The van der Waals surface area contributed by atoms with Crippen LogP contribution in [0.15, 0.2) is 194 Å². The summed E-state index contributed by atoms with van der Waals surface area (Å²) in [6.45, 7) is 6.63. The predicted octanol–water partition coefficient (Wildman–Crippen LogP) is 9.33. The summed E-state index contributed by atoms with van der Waals surface area (Å²) < 4.78 is 4.55. The molecule has 1 aliphatic heterocycles. The van der Waals surface area contributed by atoms with Crippen LogP contribution in [0.5, 0.6) is 0 Å². The van der Waals surface area contributed by atoms with E-state index in [0.29, 0.717) is 12.2 Å². The average Bonchev–Trinajstić information content (AvgIpc) is 3.39. The highest BCUT2D eigenvalue weighted by atomic mass is 32.2. The van der Waals surface area contributed by atoms with E-state index in [4.69, 9.17) is 4.74 Å². The van der Waals surface area contributed by atoms with Crippen LogP contribution < -0.4 is 21.3 Å². The normalized spacial score (nSPS) is 19.8. The van der Waals surface area contributed by atoms with Gasteiger partial charge < -0.3 is 26.0 Å². The summed E-state index contributed by atoms with van der Waals surface area (Å²) >= 11 is 3.27. The van der Waals surface area contributed by atoms with E-state index >= 15 is 0 Å². The highest BCUT2D eigenvalue weighted by Gasteiger charge is 2.40. The second-order valence-electron chi connectivity index (χ2n) is 17.9. The Balaban J connectivity index is 1.13. The minimum atomic E-state index is -1.16. The van der Waals surface area contributed by atoms with Crippen LogP contribution >= 0.6 is 23.5 Å². The Labute approximate surface area is 426 Å². The molecule has 0 spiro atoms. The van der Waals surface area contributed by atoms with E-state index in [1.165, 1.54) is 18.7 Å². The van der Waals surface area contributed by atoms with Crippen LogP contribution in [0.1, 0.15) is 73.9 Å². The van der Waals surface area contributed by atoms with Crippen molar-refractivity contribution in [1.29, 1.82) is 0 Å². The fourth-order valence-electron chi connectivity index (χ4n) is 8.85. The molecule has 6 aromatic carbocycles. The number of hydrogen-bond donors (Lipinski definition) is 4. The van der Waals surface area contributed by atoms with Crippen molar-refractivity contribution >= 4 is 53.1 Å². The Morgan fingerprint density at radius 1 is 0.521 bits per heavy atom. The molecule has 1 fully saturated rings. The molecular weight excluding hydrogens is 925 g/mol. The molecule has 0 aromatic heterocycles. The van der Waals surface area contributed by atoms with Crippen LogP contribution in [0.3, 0.4) is 0 Å². The molecule has 71 heavy (non-hydrogen) atoms. The zero-order valence-corrected chi connectivity index (χ0v) is 42.2. The monoisotopic (exact) mass is 986 g/mol. The van der Waals surface area contributed by atoms with Crippen molar-refractivity contribution in [3.05, 3.63) is 228 Å². The quantitative estimate of drug-likeness (QED) is 0.0345. The van der Waals surface area contributed by atoms with Crippen LogP contribution in [0.2, 0.25) is 0 Å². The third-order valence-corrected chi connectivity index (χ3v) is 15.7. The maximum absolute atomic E-state index is 14.5. The van der Waals surface area contributed by atoms with Gasteiger partial charge in [0, 0.05) is 5.75 Å². The van der Waals surface area contributed by atoms with Gasteiger partial charge in [-0.25, -0.2) is 4.79 Å². The van der Waals surface area contributed by atoms with E-state index in [-0.39, 0.29) is 12.2 Å². The third kappa shape index (κ3) is 12.7. The summed E-state index contributed by atoms with van der Waals surface area (Å²) in [6.07, 6.45) is 2.84. The lowest BCUT2D eigenvalue weighted by Gasteiger charge is -2.37. The Kier molecular flexibility index (Phi) is 18.1. The third-order valence-electron chi connectivity index (χ3n) is 12.5. The van der Waals surface area contributed by atoms with Crippen LogP contribution in [0.4, 0.5) is 0 Å². The molecule has 12 heteroatoms. The molecule has 4 N–H and O–H groups in total. The van der Waals surface area contributed by atoms with E-state index in [1.54, 1.807) is 38.6 Å². The van der Waals surface area contributed by atoms with Crippen molar-refractivity contribution in [1.82, 2.24) is 21.3 Å². The van der Waals surface area contributed by atoms with Crippen molar-refractivity contribution in [3.63, 3.8) is 0 Å². The van der Waals surface area contributed by atoms with Gasteiger partial charge in [0.2, 0.25) is 23.6 Å². The zero-order chi connectivity index (χ0) is 50.2. The molecule has 6 aromatic rings. The van der Waals surface area contributed by atoms with Crippen molar-refractivity contribution in [2.45, 2.75) is 80.3 Å². The Morgan fingerprint density at radius 3 is 1.34 bits per heavy atom. The SMILES string of the molecule is CC(C)[C@H]1NC(=O)[C@@H](CSC(c2ccccc2)(c2ccccc2)c2ccccc2)NC(=O)[C@@H](C)NC(=O)C[C@@H](/C=C/CCSC(c2ccccc2)(c2ccccc2)c2ccccc2)OC(=O)[C@@H](C)NC1=O. The van der Waals surface area contributed by atoms with Gasteiger partial charge in [0.15, 0.2) is 0 Å². The molecule has 0 aliphatic carbocycles. The van der Waals surface area contributed by atoms with Crippen LogP contribution in [-0.2, 0) is 38.2 Å². The predicted molar refractivity (Wildman–Crippen MR) is 285 cm³/mol. The first-order valence-corrected chi connectivity index (χ1v) is 26.1. The van der Waals surface area contributed by atoms with E-state index < -0.39 is 75.3 Å². The van der Waals surface area contributed by atoms with Crippen molar-refractivity contribution in [3.8, 4) is 0 Å². The number of carbonyl (C=O) groups is 5. The smallest absolute Gasteiger partial charge is 0.328 e. The standard InChI is InChI=1S/C59H62N4O6S2/c1-41(2)53-56(67)61-43(4)57(68)69-50(37-23-24-38-70-58(44-25-11-5-12-26-44,45-27-13-6-14-28-45)46-29-15-7-16-30-46)39-52(64)60-42(3)54(65)62-51(55(66)63-53)40-71-59(47-31-17-8-18-32-47,48-33-19-9-20-34-48)49-35-21-10-22-36-49/h5-23,25-37,41-43,50-51,53H,24,38-40H2,1-4H3,(H,60,64)(H,61,67)(H,62,65)(H,63,66)/b37-23+/t42-,43-,50-,51-,53-/m1/s1. The molecule has 0 radical (unpaired) electrons. The molecule has 0 saturated carbocycles. The van der Waals surface area contributed by atoms with Crippen LogP contribution in [-0.4, -0.2) is 71.4 Å². The van der Waals surface area contributed by atoms with Gasteiger partial charge in [-0.15, -0.1) is 23.5 Å². The number of carbonyl (C=O) groups excluding carboxylic acids is 5. The van der Waals surface area contributed by atoms with Crippen molar-refractivity contribution in [2.24, 2.45) is 5.92 Å². The highest BCUT2D eigenvalue weighted by molar-refractivity contribution is 8.00. The lowest BCUT2D eigenvalue weighted by atomic mass is 9.84. The summed E-state index contributed by atoms with van der Waals surface area (Å²) in [5, 5.41) is 11.3. The van der Waals surface area contributed by atoms with Gasteiger partial charge in [0.25, 0.3) is 0 Å². The highest BCUT2D eigenvalue weighted by Crippen LogP contribution is 2.50. The summed E-state index contributed by atoms with van der Waals surface area (Å²) in [5.41, 5.74) is 6.29. The summed E-state index contributed by atoms with van der Waals surface area (Å²) in [6, 6.07) is 56.7. The van der Waals surface area contributed by atoms with Crippen molar-refractivity contribution < 1.29 is 28.7 Å². The average molecular weight is 987 g/mol. The zero-order valence-electron chi connectivity index (χ0n) is 40.5. The van der Waals surface area contributed by atoms with Crippen molar-refractivity contribution in [2.75, 3.05) is 11.5 Å². The van der Waals surface area contributed by atoms with E-state index in [2.05, 4.69) is 57.7 Å². The van der Waals surface area contributed by atoms with Crippen LogP contribution in [0.25, 0.3) is 0 Å². The van der Waals surface area contributed by atoms with Crippen LogP contribution in [0, 0.1) is 5.92 Å². The Bertz CT molecular complexity index is 2520. The molecule has 366 valence electrons. The molecular formula is C59H62N4O6S2. The number of rotatable bonds is 15. The van der Waals surface area contributed by atoms with Gasteiger partial charge in [-0.05, 0) is 71.4 Å². The number of thioether (sulfide) groups is 2. The first kappa shape index (κ1) is 51.9. The van der Waals surface area contributed by atoms with E-state index in [0.717, 1.165) is 33.4 Å². The van der Waals surface area contributed by atoms with Gasteiger partial charge in [-0.3, -0.25) is 19.2 Å². The van der Waals surface area contributed by atoms with Gasteiger partial charge in [-0.1, -0.05) is 202 Å². The molecule has 1 heterocycles. The minimum Gasteiger partial charge on any atom is -0.456 e. The molecule has 10 nitrogen and oxygen atoms in total. The second-order valence-corrected chi connectivity index (χ2v) is 20.5.